The van der Waals surface area contributed by atoms with E-state index in [4.69, 9.17) is 18.9 Å². The first-order valence-corrected chi connectivity index (χ1v) is 16.6. The molecule has 0 fully saturated rings. The minimum atomic E-state index is -2.86. The molecular formula is C35H41NO5Si. The van der Waals surface area contributed by atoms with Gasteiger partial charge in [-0.05, 0) is 40.4 Å². The highest BCUT2D eigenvalue weighted by Gasteiger charge is 2.57. The smallest absolute Gasteiger partial charge is 0.344 e. The van der Waals surface area contributed by atoms with E-state index in [1.54, 1.807) is 12.2 Å². The van der Waals surface area contributed by atoms with Gasteiger partial charge in [0.1, 0.15) is 18.3 Å². The molecule has 4 atom stereocenters. The molecule has 0 aliphatic carbocycles. The van der Waals surface area contributed by atoms with Crippen LogP contribution in [-0.4, -0.2) is 55.7 Å². The number of cyclic esters (lactones) is 1. The second kappa shape index (κ2) is 11.7. The number of aliphatic hydroxyl groups excluding tert-OH is 1. The van der Waals surface area contributed by atoms with Gasteiger partial charge in [-0.1, -0.05) is 125 Å². The van der Waals surface area contributed by atoms with Gasteiger partial charge < -0.3 is 19.0 Å². The van der Waals surface area contributed by atoms with Crippen molar-refractivity contribution >= 4 is 30.6 Å². The summed E-state index contributed by atoms with van der Waals surface area (Å²) < 4.78 is 19.4. The third-order valence-electron chi connectivity index (χ3n) is 8.48. The predicted molar refractivity (Wildman–Crippen MR) is 169 cm³/mol. The van der Waals surface area contributed by atoms with Crippen LogP contribution in [0.4, 0.5) is 0 Å². The first-order chi connectivity index (χ1) is 20.0. The average molecular weight is 584 g/mol. The van der Waals surface area contributed by atoms with E-state index in [2.05, 4.69) is 45.0 Å². The van der Waals surface area contributed by atoms with Crippen molar-refractivity contribution in [1.82, 2.24) is 0 Å². The first-order valence-electron chi connectivity index (χ1n) is 14.6. The van der Waals surface area contributed by atoms with E-state index in [9.17, 15) is 9.90 Å². The number of ether oxygens (including phenoxy) is 2. The van der Waals surface area contributed by atoms with Gasteiger partial charge in [0.25, 0.3) is 8.32 Å². The highest BCUT2D eigenvalue weighted by atomic mass is 28.4. The van der Waals surface area contributed by atoms with Gasteiger partial charge in [-0.2, -0.15) is 0 Å². The highest BCUT2D eigenvalue weighted by Crippen LogP contribution is 2.40. The molecule has 7 heteroatoms. The minimum Gasteiger partial charge on any atom is -0.405 e. The fourth-order valence-electron chi connectivity index (χ4n) is 6.11. The maximum absolute atomic E-state index is 13.6. The zero-order valence-electron chi connectivity index (χ0n) is 25.3. The van der Waals surface area contributed by atoms with E-state index in [1.165, 1.54) is 0 Å². The van der Waals surface area contributed by atoms with Crippen molar-refractivity contribution in [2.45, 2.75) is 70.4 Å². The van der Waals surface area contributed by atoms with Crippen LogP contribution in [0.15, 0.2) is 102 Å². The SMILES string of the molecule is Cc1ccc(C2=N[C@@](C(C)C)([C@H]3C=C[C@@H](O)[C@@H](CO[Si](c4ccccc4)(c4ccccc4)C(C)(C)C)O3)C(=O)O2)cc1. The number of aliphatic imine (C=N–C) groups is 1. The van der Waals surface area contributed by atoms with Crippen LogP contribution in [0.3, 0.4) is 0 Å². The number of esters is 1. The minimum absolute atomic E-state index is 0.146. The Morgan fingerprint density at radius 3 is 2.02 bits per heavy atom. The van der Waals surface area contributed by atoms with E-state index in [-0.39, 0.29) is 23.5 Å². The van der Waals surface area contributed by atoms with Crippen LogP contribution in [0, 0.1) is 12.8 Å². The van der Waals surface area contributed by atoms with Crippen molar-refractivity contribution in [2.24, 2.45) is 10.9 Å². The lowest BCUT2D eigenvalue weighted by atomic mass is 9.80. The lowest BCUT2D eigenvalue weighted by Gasteiger charge is -2.45. The summed E-state index contributed by atoms with van der Waals surface area (Å²) >= 11 is 0. The Bertz CT molecular complexity index is 1410. The van der Waals surface area contributed by atoms with E-state index in [1.807, 2.05) is 81.4 Å². The molecule has 42 heavy (non-hydrogen) atoms. The number of benzene rings is 3. The van der Waals surface area contributed by atoms with Gasteiger partial charge in [-0.25, -0.2) is 9.79 Å². The van der Waals surface area contributed by atoms with Gasteiger partial charge in [-0.15, -0.1) is 0 Å². The molecule has 0 radical (unpaired) electrons. The van der Waals surface area contributed by atoms with Gasteiger partial charge >= 0.3 is 5.97 Å². The van der Waals surface area contributed by atoms with Crippen LogP contribution < -0.4 is 10.4 Å². The van der Waals surface area contributed by atoms with Crippen LogP contribution in [0.25, 0.3) is 0 Å². The number of aliphatic hydroxyl groups is 1. The lowest BCUT2D eigenvalue weighted by Crippen LogP contribution is -2.67. The summed E-state index contributed by atoms with van der Waals surface area (Å²) in [6.45, 7) is 12.7. The molecule has 3 aromatic carbocycles. The molecule has 6 nitrogen and oxygen atoms in total. The van der Waals surface area contributed by atoms with Crippen LogP contribution in [0.2, 0.25) is 5.04 Å². The van der Waals surface area contributed by atoms with Crippen molar-refractivity contribution in [2.75, 3.05) is 6.61 Å². The molecule has 2 aliphatic heterocycles. The van der Waals surface area contributed by atoms with E-state index < -0.39 is 38.1 Å². The molecular weight excluding hydrogens is 542 g/mol. The summed E-state index contributed by atoms with van der Waals surface area (Å²) in [5.41, 5.74) is 0.560. The van der Waals surface area contributed by atoms with Gasteiger partial charge in [0, 0.05) is 5.56 Å². The quantitative estimate of drug-likeness (QED) is 0.231. The summed E-state index contributed by atoms with van der Waals surface area (Å²) in [5.74, 6) is -0.390. The molecule has 0 saturated heterocycles. The fraction of sp³-hybridized carbons (Fsp3) is 0.371. The van der Waals surface area contributed by atoms with Gasteiger partial charge in [-0.3, -0.25) is 0 Å². The lowest BCUT2D eigenvalue weighted by molar-refractivity contribution is -0.153. The predicted octanol–water partition coefficient (Wildman–Crippen LogP) is 4.95. The number of hydrogen-bond donors (Lipinski definition) is 1. The molecule has 2 heterocycles. The van der Waals surface area contributed by atoms with Gasteiger partial charge in [0.05, 0.1) is 6.61 Å². The maximum Gasteiger partial charge on any atom is 0.344 e. The number of hydrogen-bond acceptors (Lipinski definition) is 6. The molecule has 1 N–H and O–H groups in total. The third kappa shape index (κ3) is 5.31. The Labute approximate surface area is 250 Å². The normalized spacial score (nSPS) is 24.5. The molecule has 0 amide bonds. The molecule has 0 bridgehead atoms. The molecule has 0 unspecified atom stereocenters. The maximum atomic E-state index is 13.6. The Morgan fingerprint density at radius 1 is 0.929 bits per heavy atom. The average Bonchev–Trinajstić information content (AvgIpc) is 3.33. The topological polar surface area (TPSA) is 77.4 Å². The molecule has 220 valence electrons. The van der Waals surface area contributed by atoms with Crippen LogP contribution in [0.1, 0.15) is 45.7 Å². The molecule has 0 aromatic heterocycles. The van der Waals surface area contributed by atoms with Crippen molar-refractivity contribution in [1.29, 1.82) is 0 Å². The molecule has 0 saturated carbocycles. The number of rotatable bonds is 8. The largest absolute Gasteiger partial charge is 0.405 e. The van der Waals surface area contributed by atoms with Gasteiger partial charge in [0.15, 0.2) is 5.54 Å². The first kappa shape index (κ1) is 30.1. The fourth-order valence-corrected chi connectivity index (χ4v) is 10.7. The Morgan fingerprint density at radius 2 is 1.50 bits per heavy atom. The van der Waals surface area contributed by atoms with E-state index in [0.29, 0.717) is 0 Å². The zero-order chi connectivity index (χ0) is 30.1. The molecule has 0 spiro atoms. The Kier molecular flexibility index (Phi) is 8.41. The number of aryl methyl sites for hydroxylation is 1. The number of carbonyl (C=O) groups excluding carboxylic acids is 1. The van der Waals surface area contributed by atoms with Crippen LogP contribution in [0.5, 0.6) is 0 Å². The standard InChI is InChI=1S/C35H41NO5Si/c1-24(2)35(33(38)41-32(36-35)26-19-17-25(3)18-20-26)31-22-21-29(37)30(40-31)23-39-42(34(4,5)6,27-13-9-7-10-14-27)28-15-11-8-12-16-28/h7-22,24,29-31,37H,23H2,1-6H3/t29-,30-,31-,35+/m1/s1. The third-order valence-corrected chi connectivity index (χ3v) is 13.5. The Hall–Kier alpha value is -3.36. The van der Waals surface area contributed by atoms with Crippen molar-refractivity contribution in [3.8, 4) is 0 Å². The molecule has 5 rings (SSSR count). The van der Waals surface area contributed by atoms with E-state index in [0.717, 1.165) is 21.5 Å². The second-order valence-corrected chi connectivity index (χ2v) is 16.9. The highest BCUT2D eigenvalue weighted by molar-refractivity contribution is 6.99. The molecule has 3 aromatic rings. The number of carbonyl (C=O) groups is 1. The van der Waals surface area contributed by atoms with Crippen molar-refractivity contribution in [3.05, 3.63) is 108 Å². The second-order valence-electron chi connectivity index (χ2n) is 12.6. The summed E-state index contributed by atoms with van der Waals surface area (Å²) in [6.07, 6.45) is 1.10. The van der Waals surface area contributed by atoms with Gasteiger partial charge in [0.2, 0.25) is 5.90 Å². The van der Waals surface area contributed by atoms with Crippen LogP contribution in [-0.2, 0) is 18.7 Å². The summed E-state index contributed by atoms with van der Waals surface area (Å²) in [4.78, 5) is 18.4. The summed E-state index contributed by atoms with van der Waals surface area (Å²) in [5, 5.41) is 13.1. The van der Waals surface area contributed by atoms with Crippen LogP contribution >= 0.6 is 0 Å². The van der Waals surface area contributed by atoms with E-state index >= 15 is 0 Å². The zero-order valence-corrected chi connectivity index (χ0v) is 26.3. The number of nitrogens with zero attached hydrogens (tertiary/aromatic N) is 1. The van der Waals surface area contributed by atoms with Crippen molar-refractivity contribution < 1.29 is 23.8 Å². The Balaban J connectivity index is 1.48. The van der Waals surface area contributed by atoms with Crippen molar-refractivity contribution in [3.63, 3.8) is 0 Å². The monoisotopic (exact) mass is 583 g/mol. The molecule has 2 aliphatic rings. The summed E-state index contributed by atoms with van der Waals surface area (Å²) in [6, 6.07) is 28.5. The summed E-state index contributed by atoms with van der Waals surface area (Å²) in [7, 11) is -2.86.